The van der Waals surface area contributed by atoms with Gasteiger partial charge in [-0.1, -0.05) is 152 Å². The molecule has 0 fully saturated rings. The Hall–Kier alpha value is -6.90. The number of nitrogens with zero attached hydrogens (tertiary/aromatic N) is 1. The maximum atomic E-state index is 6.36. The van der Waals surface area contributed by atoms with Gasteiger partial charge >= 0.3 is 0 Å². The van der Waals surface area contributed by atoms with Crippen LogP contribution in [0.2, 0.25) is 0 Å². The average Bonchev–Trinajstić information content (AvgIpc) is 3.59. The minimum atomic E-state index is 0.901. The first-order chi connectivity index (χ1) is 25.8. The summed E-state index contributed by atoms with van der Waals surface area (Å²) in [6.45, 7) is 0. The lowest BCUT2D eigenvalue weighted by molar-refractivity contribution is 0.669. The van der Waals surface area contributed by atoms with E-state index >= 15 is 0 Å². The molecule has 0 spiro atoms. The summed E-state index contributed by atoms with van der Waals surface area (Å²) in [6.07, 6.45) is 0. The molecule has 1 aromatic heterocycles. The van der Waals surface area contributed by atoms with E-state index in [9.17, 15) is 0 Å². The second kappa shape index (κ2) is 12.5. The molecule has 0 atom stereocenters. The summed E-state index contributed by atoms with van der Waals surface area (Å²) in [5.74, 6) is 0. The van der Waals surface area contributed by atoms with Crippen LogP contribution >= 0.6 is 0 Å². The van der Waals surface area contributed by atoms with Crippen molar-refractivity contribution in [3.05, 3.63) is 200 Å². The summed E-state index contributed by atoms with van der Waals surface area (Å²) in [5.41, 5.74) is 12.4. The SMILES string of the molecule is c1ccc(-c2ccccc2-c2ccccc2-c2ccc(N(c3ccccc3)c3cc4cc5oc6ccccc6c5cc4c4ccccc34)cc2)cc1. The minimum absolute atomic E-state index is 0.901. The third kappa shape index (κ3) is 5.04. The molecule has 0 aliphatic heterocycles. The molecule has 0 unspecified atom stereocenters. The highest BCUT2D eigenvalue weighted by Crippen LogP contribution is 2.45. The molecule has 244 valence electrons. The summed E-state index contributed by atoms with van der Waals surface area (Å²) < 4.78 is 6.36. The van der Waals surface area contributed by atoms with E-state index in [-0.39, 0.29) is 0 Å². The second-order valence-corrected chi connectivity index (χ2v) is 13.3. The van der Waals surface area contributed by atoms with Gasteiger partial charge < -0.3 is 9.32 Å². The largest absolute Gasteiger partial charge is 0.456 e. The molecule has 0 saturated carbocycles. The predicted octanol–water partition coefficient (Wildman–Crippen LogP) is 14.4. The molecular formula is C50H33NO. The van der Waals surface area contributed by atoms with Crippen LogP contribution in [0.15, 0.2) is 205 Å². The topological polar surface area (TPSA) is 16.4 Å². The number of hydrogen-bond acceptors (Lipinski definition) is 2. The fraction of sp³-hybridized carbons (Fsp3) is 0. The Morgan fingerprint density at radius 3 is 1.52 bits per heavy atom. The van der Waals surface area contributed by atoms with Crippen LogP contribution in [-0.2, 0) is 0 Å². The van der Waals surface area contributed by atoms with Gasteiger partial charge in [-0.2, -0.15) is 0 Å². The van der Waals surface area contributed by atoms with E-state index in [0.29, 0.717) is 0 Å². The maximum Gasteiger partial charge on any atom is 0.136 e. The van der Waals surface area contributed by atoms with Crippen molar-refractivity contribution in [2.45, 2.75) is 0 Å². The van der Waals surface area contributed by atoms with Crippen molar-refractivity contribution < 1.29 is 4.42 Å². The third-order valence-electron chi connectivity index (χ3n) is 10.3. The van der Waals surface area contributed by atoms with Crippen molar-refractivity contribution in [2.75, 3.05) is 4.90 Å². The van der Waals surface area contributed by atoms with Crippen molar-refractivity contribution in [1.82, 2.24) is 0 Å². The Morgan fingerprint density at radius 2 is 0.827 bits per heavy atom. The molecule has 0 N–H and O–H groups in total. The first-order valence-electron chi connectivity index (χ1n) is 17.8. The van der Waals surface area contributed by atoms with Crippen molar-refractivity contribution in [3.63, 3.8) is 0 Å². The lowest BCUT2D eigenvalue weighted by Gasteiger charge is -2.28. The lowest BCUT2D eigenvalue weighted by Crippen LogP contribution is -2.10. The van der Waals surface area contributed by atoms with Gasteiger partial charge in [0.05, 0.1) is 5.69 Å². The summed E-state index contributed by atoms with van der Waals surface area (Å²) in [4.78, 5) is 2.38. The summed E-state index contributed by atoms with van der Waals surface area (Å²) in [7, 11) is 0. The van der Waals surface area contributed by atoms with Crippen LogP contribution in [0.3, 0.4) is 0 Å². The molecule has 0 aliphatic rings. The quantitative estimate of drug-likeness (QED) is 0.165. The molecule has 2 heteroatoms. The van der Waals surface area contributed by atoms with E-state index in [1.54, 1.807) is 0 Å². The van der Waals surface area contributed by atoms with Gasteiger partial charge in [0.1, 0.15) is 11.2 Å². The van der Waals surface area contributed by atoms with E-state index in [4.69, 9.17) is 4.42 Å². The number of fused-ring (bicyclic) bond motifs is 6. The molecule has 9 aromatic carbocycles. The van der Waals surface area contributed by atoms with Crippen LogP contribution in [0.25, 0.3) is 76.9 Å². The van der Waals surface area contributed by atoms with Gasteiger partial charge in [0.2, 0.25) is 0 Å². The van der Waals surface area contributed by atoms with Crippen LogP contribution in [0.4, 0.5) is 17.1 Å². The molecule has 1 heterocycles. The molecule has 0 saturated heterocycles. The minimum Gasteiger partial charge on any atom is -0.456 e. The second-order valence-electron chi connectivity index (χ2n) is 13.3. The van der Waals surface area contributed by atoms with Crippen molar-refractivity contribution in [3.8, 4) is 33.4 Å². The van der Waals surface area contributed by atoms with Gasteiger partial charge in [0.15, 0.2) is 0 Å². The molecule has 2 nitrogen and oxygen atoms in total. The van der Waals surface area contributed by atoms with Gasteiger partial charge in [-0.25, -0.2) is 0 Å². The molecule has 0 bridgehead atoms. The molecular weight excluding hydrogens is 631 g/mol. The Kier molecular flexibility index (Phi) is 7.18. The molecule has 0 aliphatic carbocycles. The number of anilines is 3. The van der Waals surface area contributed by atoms with Crippen LogP contribution in [0.5, 0.6) is 0 Å². The standard InChI is InChI=1S/C50H33NO/c1-3-15-34(16-4-1)39-19-7-9-21-41(39)42-22-10-8-20-40(42)35-27-29-38(30-28-35)51(37-17-5-2-6-18-37)48-31-36-32-50-47(45-25-13-14-26-49(45)52-50)33-46(36)43-23-11-12-24-44(43)48/h1-33H. The van der Waals surface area contributed by atoms with E-state index in [1.807, 2.05) is 12.1 Å². The van der Waals surface area contributed by atoms with Gasteiger partial charge in [-0.3, -0.25) is 0 Å². The van der Waals surface area contributed by atoms with Crippen LogP contribution in [0, 0.1) is 0 Å². The van der Waals surface area contributed by atoms with Crippen LogP contribution in [-0.4, -0.2) is 0 Å². The first-order valence-corrected chi connectivity index (χ1v) is 17.8. The lowest BCUT2D eigenvalue weighted by atomic mass is 9.89. The van der Waals surface area contributed by atoms with E-state index in [1.165, 1.54) is 49.5 Å². The Labute approximate surface area is 302 Å². The zero-order valence-corrected chi connectivity index (χ0v) is 28.4. The Balaban J connectivity index is 1.13. The number of hydrogen-bond donors (Lipinski definition) is 0. The number of para-hydroxylation sites is 2. The summed E-state index contributed by atoms with van der Waals surface area (Å²) in [5, 5.41) is 7.05. The fourth-order valence-electron chi connectivity index (χ4n) is 7.84. The van der Waals surface area contributed by atoms with Crippen LogP contribution < -0.4 is 4.90 Å². The molecule has 0 radical (unpaired) electrons. The van der Waals surface area contributed by atoms with Gasteiger partial charge in [-0.15, -0.1) is 0 Å². The highest BCUT2D eigenvalue weighted by molar-refractivity contribution is 6.20. The number of benzene rings is 9. The summed E-state index contributed by atoms with van der Waals surface area (Å²) in [6, 6.07) is 71.7. The zero-order valence-electron chi connectivity index (χ0n) is 28.4. The van der Waals surface area contributed by atoms with Gasteiger partial charge in [0, 0.05) is 27.5 Å². The Bertz CT molecular complexity index is 2890. The summed E-state index contributed by atoms with van der Waals surface area (Å²) >= 11 is 0. The molecule has 10 rings (SSSR count). The maximum absolute atomic E-state index is 6.36. The smallest absolute Gasteiger partial charge is 0.136 e. The van der Waals surface area contributed by atoms with E-state index in [0.717, 1.165) is 44.4 Å². The predicted molar refractivity (Wildman–Crippen MR) is 220 cm³/mol. The van der Waals surface area contributed by atoms with Gasteiger partial charge in [-0.05, 0) is 98.1 Å². The number of furan rings is 1. The normalized spacial score (nSPS) is 11.5. The highest BCUT2D eigenvalue weighted by Gasteiger charge is 2.19. The highest BCUT2D eigenvalue weighted by atomic mass is 16.3. The third-order valence-corrected chi connectivity index (χ3v) is 10.3. The van der Waals surface area contributed by atoms with E-state index in [2.05, 4.69) is 193 Å². The average molecular weight is 664 g/mol. The molecule has 10 aromatic rings. The molecule has 52 heavy (non-hydrogen) atoms. The zero-order chi connectivity index (χ0) is 34.4. The Morgan fingerprint density at radius 1 is 0.308 bits per heavy atom. The monoisotopic (exact) mass is 663 g/mol. The van der Waals surface area contributed by atoms with Crippen molar-refractivity contribution >= 4 is 60.5 Å². The van der Waals surface area contributed by atoms with Crippen molar-refractivity contribution in [2.24, 2.45) is 0 Å². The number of rotatable bonds is 6. The van der Waals surface area contributed by atoms with Crippen molar-refractivity contribution in [1.29, 1.82) is 0 Å². The van der Waals surface area contributed by atoms with Gasteiger partial charge in [0.25, 0.3) is 0 Å². The first kappa shape index (κ1) is 30.0. The fourth-order valence-corrected chi connectivity index (χ4v) is 7.84. The van der Waals surface area contributed by atoms with Crippen LogP contribution in [0.1, 0.15) is 0 Å². The van der Waals surface area contributed by atoms with E-state index < -0.39 is 0 Å². The molecule has 0 amide bonds.